The van der Waals surface area contributed by atoms with Crippen LogP contribution in [0.3, 0.4) is 0 Å². The molecule has 1 aliphatic heterocycles. The summed E-state index contributed by atoms with van der Waals surface area (Å²) in [5.41, 5.74) is 2.28. The Labute approximate surface area is 270 Å². The van der Waals surface area contributed by atoms with Crippen molar-refractivity contribution < 1.29 is 38.1 Å². The summed E-state index contributed by atoms with van der Waals surface area (Å²) in [5, 5.41) is 8.36. The first kappa shape index (κ1) is 31.3. The first-order chi connectivity index (χ1) is 23.0. The lowest BCUT2D eigenvalue weighted by Crippen LogP contribution is -2.62. The predicted molar refractivity (Wildman–Crippen MR) is 168 cm³/mol. The van der Waals surface area contributed by atoms with Gasteiger partial charge < -0.3 is 23.7 Å². The maximum Gasteiger partial charge on any atom is 0.338 e. The van der Waals surface area contributed by atoms with Crippen LogP contribution in [-0.4, -0.2) is 70.7 Å². The smallest absolute Gasteiger partial charge is 0.338 e. The molecule has 0 N–H and O–H groups in total. The Morgan fingerprint density at radius 1 is 0.638 bits per heavy atom. The molecule has 5 atom stereocenters. The predicted octanol–water partition coefficient (Wildman–Crippen LogP) is 4.99. The van der Waals surface area contributed by atoms with Crippen molar-refractivity contribution in [1.82, 2.24) is 15.0 Å². The quantitative estimate of drug-likeness (QED) is 0.153. The highest BCUT2D eigenvalue weighted by molar-refractivity contribution is 5.91. The Bertz CT molecular complexity index is 1780. The minimum Gasteiger partial charge on any atom is -0.452 e. The van der Waals surface area contributed by atoms with Crippen LogP contribution in [0.2, 0.25) is 0 Å². The number of ether oxygens (including phenoxy) is 5. The molecule has 5 aromatic rings. The van der Waals surface area contributed by atoms with E-state index in [0.29, 0.717) is 5.69 Å². The van der Waals surface area contributed by atoms with Gasteiger partial charge in [0.15, 0.2) is 24.6 Å². The molecule has 11 nitrogen and oxygen atoms in total. The third-order valence-electron chi connectivity index (χ3n) is 7.62. The van der Waals surface area contributed by atoms with Crippen molar-refractivity contribution in [2.75, 3.05) is 7.11 Å². The van der Waals surface area contributed by atoms with Gasteiger partial charge in [-0.05, 0) is 36.4 Å². The molecule has 0 unspecified atom stereocenters. The summed E-state index contributed by atoms with van der Waals surface area (Å²) < 4.78 is 31.7. The number of aromatic nitrogens is 3. The molecule has 0 bridgehead atoms. The van der Waals surface area contributed by atoms with E-state index >= 15 is 0 Å². The molecule has 11 heteroatoms. The number of benzene rings is 4. The van der Waals surface area contributed by atoms with E-state index < -0.39 is 48.6 Å². The molecule has 1 aliphatic rings. The average Bonchev–Trinajstić information content (AvgIpc) is 3.60. The molecule has 1 saturated heterocycles. The summed E-state index contributed by atoms with van der Waals surface area (Å²) in [4.78, 5) is 40.5. The van der Waals surface area contributed by atoms with Crippen LogP contribution in [0.15, 0.2) is 128 Å². The van der Waals surface area contributed by atoms with E-state index in [1.54, 1.807) is 102 Å². The van der Waals surface area contributed by atoms with Crippen LogP contribution < -0.4 is 0 Å². The molecule has 0 aliphatic carbocycles. The molecular weight excluding hydrogens is 602 g/mol. The van der Waals surface area contributed by atoms with Gasteiger partial charge in [0, 0.05) is 12.7 Å². The SMILES string of the molecule is CO[C@H]1O[C@H](Cn2nncc2-c2ccccc2)[C@@H](OC(=O)c2ccccc2)[C@H](OC(=O)c2ccccc2)[C@H]1OC(=O)c1ccccc1. The number of nitrogens with zero attached hydrogens (tertiary/aromatic N) is 3. The maximum atomic E-state index is 13.6. The molecule has 238 valence electrons. The summed E-state index contributed by atoms with van der Waals surface area (Å²) in [7, 11) is 1.38. The number of hydrogen-bond acceptors (Lipinski definition) is 10. The number of carbonyl (C=O) groups is 3. The van der Waals surface area contributed by atoms with Gasteiger partial charge in [0.25, 0.3) is 0 Å². The van der Waals surface area contributed by atoms with Crippen LogP contribution >= 0.6 is 0 Å². The second-order valence-corrected chi connectivity index (χ2v) is 10.7. The number of rotatable bonds is 10. The third kappa shape index (κ3) is 7.27. The first-order valence-corrected chi connectivity index (χ1v) is 14.9. The largest absolute Gasteiger partial charge is 0.452 e. The van der Waals surface area contributed by atoms with Gasteiger partial charge in [-0.3, -0.25) is 0 Å². The lowest BCUT2D eigenvalue weighted by Gasteiger charge is -2.44. The number of esters is 3. The minimum absolute atomic E-state index is 0.00949. The van der Waals surface area contributed by atoms with Crippen LogP contribution in [0.25, 0.3) is 11.3 Å². The number of carbonyl (C=O) groups excluding carboxylic acids is 3. The molecule has 0 saturated carbocycles. The fourth-order valence-corrected chi connectivity index (χ4v) is 5.31. The van der Waals surface area contributed by atoms with Crippen molar-refractivity contribution >= 4 is 17.9 Å². The highest BCUT2D eigenvalue weighted by atomic mass is 16.7. The molecule has 0 spiro atoms. The Morgan fingerprint density at radius 2 is 1.09 bits per heavy atom. The van der Waals surface area contributed by atoms with Crippen LogP contribution in [-0.2, 0) is 30.2 Å². The Hall–Kier alpha value is -5.65. The van der Waals surface area contributed by atoms with Crippen molar-refractivity contribution in [2.45, 2.75) is 37.3 Å². The number of hydrogen-bond donors (Lipinski definition) is 0. The van der Waals surface area contributed by atoms with Gasteiger partial charge in [0.2, 0.25) is 0 Å². The van der Waals surface area contributed by atoms with Gasteiger partial charge in [-0.15, -0.1) is 5.10 Å². The van der Waals surface area contributed by atoms with Crippen LogP contribution in [0.4, 0.5) is 0 Å². The normalized spacial score (nSPS) is 20.6. The summed E-state index contributed by atoms with van der Waals surface area (Å²) in [6.07, 6.45) is -4.62. The minimum atomic E-state index is -1.37. The van der Waals surface area contributed by atoms with Crippen molar-refractivity contribution in [2.24, 2.45) is 0 Å². The van der Waals surface area contributed by atoms with Crippen LogP contribution in [0.5, 0.6) is 0 Å². The zero-order chi connectivity index (χ0) is 32.6. The molecule has 0 amide bonds. The average molecular weight is 634 g/mol. The van der Waals surface area contributed by atoms with E-state index in [-0.39, 0.29) is 23.2 Å². The van der Waals surface area contributed by atoms with E-state index in [0.717, 1.165) is 5.56 Å². The maximum absolute atomic E-state index is 13.6. The van der Waals surface area contributed by atoms with E-state index in [2.05, 4.69) is 10.3 Å². The fraction of sp³-hybridized carbons (Fsp3) is 0.194. The lowest BCUT2D eigenvalue weighted by molar-refractivity contribution is -0.289. The van der Waals surface area contributed by atoms with Crippen molar-refractivity contribution in [3.05, 3.63) is 144 Å². The molecule has 1 aromatic heterocycles. The monoisotopic (exact) mass is 633 g/mol. The Morgan fingerprint density at radius 3 is 1.57 bits per heavy atom. The van der Waals surface area contributed by atoms with Crippen LogP contribution in [0.1, 0.15) is 31.1 Å². The zero-order valence-electron chi connectivity index (χ0n) is 25.3. The second kappa shape index (κ2) is 14.6. The molecule has 2 heterocycles. The van der Waals surface area contributed by atoms with Crippen molar-refractivity contribution in [3.63, 3.8) is 0 Å². The topological polar surface area (TPSA) is 128 Å². The van der Waals surface area contributed by atoms with E-state index in [9.17, 15) is 14.4 Å². The third-order valence-corrected chi connectivity index (χ3v) is 7.62. The number of methoxy groups -OCH3 is 1. The highest BCUT2D eigenvalue weighted by Gasteiger charge is 2.53. The second-order valence-electron chi connectivity index (χ2n) is 10.7. The fourth-order valence-electron chi connectivity index (χ4n) is 5.31. The van der Waals surface area contributed by atoms with Gasteiger partial charge in [0.1, 0.15) is 6.10 Å². The van der Waals surface area contributed by atoms with Gasteiger partial charge in [-0.25, -0.2) is 19.1 Å². The van der Waals surface area contributed by atoms with Crippen molar-refractivity contribution in [1.29, 1.82) is 0 Å². The lowest BCUT2D eigenvalue weighted by atomic mass is 9.97. The Kier molecular flexibility index (Phi) is 9.75. The Balaban J connectivity index is 1.40. The van der Waals surface area contributed by atoms with Gasteiger partial charge in [0.05, 0.1) is 35.1 Å². The molecule has 1 fully saturated rings. The van der Waals surface area contributed by atoms with E-state index in [1.165, 1.54) is 7.11 Å². The standard InChI is InChI=1S/C36H31N3O8/c1-43-36-32(47-35(42)27-20-12-5-13-21-27)31(46-34(41)26-18-10-4-11-19-26)30(45-33(40)25-16-8-3-9-17-25)29(44-36)23-39-28(22-37-38-39)24-14-6-2-7-15-24/h2-22,29-32,36H,23H2,1H3/t29-,30-,31+,32-,36+/m1/s1. The molecule has 6 rings (SSSR count). The molecule has 4 aromatic carbocycles. The summed E-state index contributed by atoms with van der Waals surface area (Å²) in [6.45, 7) is 0.00949. The molecular formula is C36H31N3O8. The highest BCUT2D eigenvalue weighted by Crippen LogP contribution is 2.32. The summed E-state index contributed by atoms with van der Waals surface area (Å²) >= 11 is 0. The molecule has 47 heavy (non-hydrogen) atoms. The first-order valence-electron chi connectivity index (χ1n) is 14.9. The van der Waals surface area contributed by atoms with Gasteiger partial charge >= 0.3 is 17.9 Å². The van der Waals surface area contributed by atoms with Crippen molar-refractivity contribution in [3.8, 4) is 11.3 Å². The summed E-state index contributed by atoms with van der Waals surface area (Å²) in [6, 6.07) is 34.5. The van der Waals surface area contributed by atoms with E-state index in [1.807, 2.05) is 30.3 Å². The van der Waals surface area contributed by atoms with Crippen LogP contribution in [0, 0.1) is 0 Å². The summed E-state index contributed by atoms with van der Waals surface area (Å²) in [5.74, 6) is -2.13. The van der Waals surface area contributed by atoms with Gasteiger partial charge in [-0.2, -0.15) is 0 Å². The molecule has 0 radical (unpaired) electrons. The van der Waals surface area contributed by atoms with E-state index in [4.69, 9.17) is 23.7 Å². The zero-order valence-corrected chi connectivity index (χ0v) is 25.3. The van der Waals surface area contributed by atoms with Gasteiger partial charge in [-0.1, -0.05) is 90.1 Å².